The SMILES string of the molecule is CCN(CC)CCCNC(=O)C1(Cc2ccc(-c3cc(F)ccc3OC)cc2)CCCO1. The van der Waals surface area contributed by atoms with Gasteiger partial charge < -0.3 is 19.7 Å². The first kappa shape index (κ1) is 24.2. The molecule has 1 heterocycles. The molecule has 0 spiro atoms. The van der Waals surface area contributed by atoms with Crippen molar-refractivity contribution in [2.75, 3.05) is 39.9 Å². The van der Waals surface area contributed by atoms with Crippen molar-refractivity contribution in [2.45, 2.75) is 45.1 Å². The van der Waals surface area contributed by atoms with Gasteiger partial charge in [0.15, 0.2) is 5.60 Å². The van der Waals surface area contributed by atoms with E-state index in [1.54, 1.807) is 13.2 Å². The van der Waals surface area contributed by atoms with Gasteiger partial charge in [-0.1, -0.05) is 38.1 Å². The van der Waals surface area contributed by atoms with Crippen LogP contribution in [0.2, 0.25) is 0 Å². The van der Waals surface area contributed by atoms with Gasteiger partial charge >= 0.3 is 0 Å². The van der Waals surface area contributed by atoms with Gasteiger partial charge in [0.25, 0.3) is 5.91 Å². The molecule has 0 radical (unpaired) electrons. The minimum Gasteiger partial charge on any atom is -0.496 e. The zero-order chi connectivity index (χ0) is 23.0. The fourth-order valence-corrected chi connectivity index (χ4v) is 4.34. The summed E-state index contributed by atoms with van der Waals surface area (Å²) in [5.41, 5.74) is 1.78. The number of hydrogen-bond acceptors (Lipinski definition) is 4. The first-order valence-corrected chi connectivity index (χ1v) is 11.6. The van der Waals surface area contributed by atoms with Crippen molar-refractivity contribution in [1.29, 1.82) is 0 Å². The summed E-state index contributed by atoms with van der Waals surface area (Å²) in [5, 5.41) is 3.10. The Morgan fingerprint density at radius 3 is 2.56 bits per heavy atom. The van der Waals surface area contributed by atoms with Gasteiger partial charge in [0.2, 0.25) is 0 Å². The Morgan fingerprint density at radius 2 is 1.94 bits per heavy atom. The number of amides is 1. The zero-order valence-electron chi connectivity index (χ0n) is 19.5. The molecule has 1 saturated heterocycles. The first-order chi connectivity index (χ1) is 15.5. The summed E-state index contributed by atoms with van der Waals surface area (Å²) in [6, 6.07) is 12.3. The summed E-state index contributed by atoms with van der Waals surface area (Å²) in [5.74, 6) is 0.296. The average molecular weight is 443 g/mol. The fourth-order valence-electron chi connectivity index (χ4n) is 4.34. The molecule has 1 N–H and O–H groups in total. The Balaban J connectivity index is 1.66. The van der Waals surface area contributed by atoms with Gasteiger partial charge in [0.05, 0.1) is 7.11 Å². The van der Waals surface area contributed by atoms with E-state index < -0.39 is 5.60 Å². The van der Waals surface area contributed by atoms with Gasteiger partial charge in [-0.2, -0.15) is 0 Å². The number of carbonyl (C=O) groups excluding carboxylic acids is 1. The Kier molecular flexibility index (Phi) is 8.65. The zero-order valence-corrected chi connectivity index (χ0v) is 19.5. The maximum Gasteiger partial charge on any atom is 0.252 e. The van der Waals surface area contributed by atoms with Crippen LogP contribution in [-0.2, 0) is 16.0 Å². The van der Waals surface area contributed by atoms with Crippen LogP contribution in [0.25, 0.3) is 11.1 Å². The third-order valence-corrected chi connectivity index (χ3v) is 6.26. The van der Waals surface area contributed by atoms with E-state index in [4.69, 9.17) is 9.47 Å². The van der Waals surface area contributed by atoms with E-state index >= 15 is 0 Å². The molecule has 1 aliphatic heterocycles. The van der Waals surface area contributed by atoms with Crippen LogP contribution in [-0.4, -0.2) is 56.3 Å². The van der Waals surface area contributed by atoms with Crippen LogP contribution < -0.4 is 10.1 Å². The average Bonchev–Trinajstić information content (AvgIpc) is 3.29. The quantitative estimate of drug-likeness (QED) is 0.523. The summed E-state index contributed by atoms with van der Waals surface area (Å²) in [4.78, 5) is 15.4. The van der Waals surface area contributed by atoms with Crippen molar-refractivity contribution < 1.29 is 18.7 Å². The second kappa shape index (κ2) is 11.4. The lowest BCUT2D eigenvalue weighted by molar-refractivity contribution is -0.141. The minimum absolute atomic E-state index is 0.0228. The summed E-state index contributed by atoms with van der Waals surface area (Å²) in [7, 11) is 1.58. The number of rotatable bonds is 11. The highest BCUT2D eigenvalue weighted by molar-refractivity contribution is 5.86. The third-order valence-electron chi connectivity index (χ3n) is 6.26. The smallest absolute Gasteiger partial charge is 0.252 e. The monoisotopic (exact) mass is 442 g/mol. The molecule has 1 unspecified atom stereocenters. The number of halogens is 1. The number of carbonyl (C=O) groups is 1. The summed E-state index contributed by atoms with van der Waals surface area (Å²) in [6.07, 6.45) is 3.04. The number of benzene rings is 2. The van der Waals surface area contributed by atoms with Gasteiger partial charge in [0, 0.05) is 25.1 Å². The molecule has 0 aliphatic carbocycles. The molecule has 1 atom stereocenters. The first-order valence-electron chi connectivity index (χ1n) is 11.6. The van der Waals surface area contributed by atoms with Gasteiger partial charge in [-0.05, 0) is 68.2 Å². The van der Waals surface area contributed by atoms with E-state index in [0.29, 0.717) is 37.3 Å². The van der Waals surface area contributed by atoms with Crippen LogP contribution in [0.4, 0.5) is 4.39 Å². The maximum atomic E-state index is 13.8. The lowest BCUT2D eigenvalue weighted by Gasteiger charge is -2.27. The molecular formula is C26H35FN2O3. The molecule has 0 aromatic heterocycles. The van der Waals surface area contributed by atoms with Crippen LogP contribution >= 0.6 is 0 Å². The van der Waals surface area contributed by atoms with E-state index in [0.717, 1.165) is 43.6 Å². The standard InChI is InChI=1S/C26H35FN2O3/c1-4-29(5-2)16-7-15-28-25(30)26(14-6-17-32-26)19-20-8-10-21(11-9-20)23-18-22(27)12-13-24(23)31-3/h8-13,18H,4-7,14-17,19H2,1-3H3,(H,28,30). The van der Waals surface area contributed by atoms with Crippen molar-refractivity contribution >= 4 is 5.91 Å². The Hall–Kier alpha value is -2.44. The summed E-state index contributed by atoms with van der Waals surface area (Å²) < 4.78 is 25.1. The van der Waals surface area contributed by atoms with Crippen molar-refractivity contribution in [3.63, 3.8) is 0 Å². The summed E-state index contributed by atoms with van der Waals surface area (Å²) >= 11 is 0. The van der Waals surface area contributed by atoms with Crippen LogP contribution in [0.1, 0.15) is 38.7 Å². The molecule has 174 valence electrons. The van der Waals surface area contributed by atoms with Crippen molar-refractivity contribution in [1.82, 2.24) is 10.2 Å². The molecule has 1 amide bonds. The lowest BCUT2D eigenvalue weighted by Crippen LogP contribution is -2.48. The Bertz CT molecular complexity index is 875. The molecule has 2 aromatic rings. The van der Waals surface area contributed by atoms with E-state index in [1.165, 1.54) is 12.1 Å². The lowest BCUT2D eigenvalue weighted by atomic mass is 9.89. The van der Waals surface area contributed by atoms with Gasteiger partial charge in [-0.3, -0.25) is 4.79 Å². The normalized spacial score (nSPS) is 18.2. The second-order valence-electron chi connectivity index (χ2n) is 8.30. The predicted molar refractivity (Wildman–Crippen MR) is 125 cm³/mol. The van der Waals surface area contributed by atoms with E-state index in [9.17, 15) is 9.18 Å². The topological polar surface area (TPSA) is 50.8 Å². The highest BCUT2D eigenvalue weighted by Gasteiger charge is 2.42. The summed E-state index contributed by atoms with van der Waals surface area (Å²) in [6.45, 7) is 8.58. The van der Waals surface area contributed by atoms with Gasteiger partial charge in [-0.25, -0.2) is 4.39 Å². The molecule has 6 heteroatoms. The van der Waals surface area contributed by atoms with E-state index in [1.807, 2.05) is 24.3 Å². The number of ether oxygens (including phenoxy) is 2. The van der Waals surface area contributed by atoms with Crippen molar-refractivity contribution in [2.24, 2.45) is 0 Å². The number of nitrogens with one attached hydrogen (secondary N) is 1. The van der Waals surface area contributed by atoms with E-state index in [2.05, 4.69) is 24.1 Å². The molecular weight excluding hydrogens is 407 g/mol. The Morgan fingerprint density at radius 1 is 1.19 bits per heavy atom. The Labute approximate surface area is 190 Å². The van der Waals surface area contributed by atoms with Gasteiger partial charge in [-0.15, -0.1) is 0 Å². The number of nitrogens with zero attached hydrogens (tertiary/aromatic N) is 1. The van der Waals surface area contributed by atoms with Crippen LogP contribution in [0.15, 0.2) is 42.5 Å². The highest BCUT2D eigenvalue weighted by Crippen LogP contribution is 2.33. The molecule has 3 rings (SSSR count). The molecule has 1 fully saturated rings. The maximum absolute atomic E-state index is 13.8. The highest BCUT2D eigenvalue weighted by atomic mass is 19.1. The molecule has 5 nitrogen and oxygen atoms in total. The molecule has 0 saturated carbocycles. The van der Waals surface area contributed by atoms with Gasteiger partial charge in [0.1, 0.15) is 11.6 Å². The van der Waals surface area contributed by atoms with Crippen LogP contribution in [0, 0.1) is 5.82 Å². The molecule has 0 bridgehead atoms. The largest absolute Gasteiger partial charge is 0.496 e. The third kappa shape index (κ3) is 5.87. The number of hydrogen-bond donors (Lipinski definition) is 1. The second-order valence-corrected chi connectivity index (χ2v) is 8.30. The molecule has 32 heavy (non-hydrogen) atoms. The molecule has 1 aliphatic rings. The van der Waals surface area contributed by atoms with E-state index in [-0.39, 0.29) is 11.7 Å². The fraction of sp³-hybridized carbons (Fsp3) is 0.500. The van der Waals surface area contributed by atoms with Crippen molar-refractivity contribution in [3.8, 4) is 16.9 Å². The minimum atomic E-state index is -0.812. The predicted octanol–water partition coefficient (Wildman–Crippen LogP) is 4.44. The molecule has 2 aromatic carbocycles. The number of methoxy groups -OCH3 is 1. The van der Waals surface area contributed by atoms with Crippen LogP contribution in [0.5, 0.6) is 5.75 Å². The van der Waals surface area contributed by atoms with Crippen LogP contribution in [0.3, 0.4) is 0 Å². The van der Waals surface area contributed by atoms with Crippen molar-refractivity contribution in [3.05, 3.63) is 53.8 Å².